The average Bonchev–Trinajstić information content (AvgIpc) is 2.90. The Labute approximate surface area is 208 Å². The normalized spacial score (nSPS) is 18.5. The molecule has 1 aliphatic heterocycles. The molecule has 7 heteroatoms. The highest BCUT2D eigenvalue weighted by Gasteiger charge is 2.32. The molecule has 4 rings (SSSR count). The van der Waals surface area contributed by atoms with E-state index < -0.39 is 6.04 Å². The van der Waals surface area contributed by atoms with Gasteiger partial charge in [0.05, 0.1) is 20.3 Å². The van der Waals surface area contributed by atoms with E-state index in [0.717, 1.165) is 43.2 Å². The topological polar surface area (TPSA) is 79.9 Å². The monoisotopic (exact) mass is 479 g/mol. The van der Waals surface area contributed by atoms with Crippen LogP contribution in [-0.2, 0) is 24.2 Å². The van der Waals surface area contributed by atoms with E-state index in [0.29, 0.717) is 24.6 Å². The largest absolute Gasteiger partial charge is 0.493 e. The van der Waals surface area contributed by atoms with Crippen molar-refractivity contribution in [3.63, 3.8) is 0 Å². The summed E-state index contributed by atoms with van der Waals surface area (Å²) < 4.78 is 10.9. The average molecular weight is 480 g/mol. The number of carbonyl (C=O) groups is 2. The second-order valence-electron chi connectivity index (χ2n) is 9.61. The number of hydrogen-bond donors (Lipinski definition) is 2. The summed E-state index contributed by atoms with van der Waals surface area (Å²) >= 11 is 0. The second-order valence-corrected chi connectivity index (χ2v) is 9.61. The van der Waals surface area contributed by atoms with Gasteiger partial charge in [0.25, 0.3) is 0 Å². The zero-order chi connectivity index (χ0) is 24.9. The lowest BCUT2D eigenvalue weighted by Crippen LogP contribution is -2.55. The number of ether oxygens (including phenoxy) is 2. The van der Waals surface area contributed by atoms with Gasteiger partial charge < -0.3 is 25.0 Å². The number of urea groups is 1. The molecule has 0 saturated carbocycles. The fourth-order valence-electron chi connectivity index (χ4n) is 5.15. The molecule has 2 N–H and O–H groups in total. The number of hydrogen-bond acceptors (Lipinski definition) is 4. The zero-order valence-electron chi connectivity index (χ0n) is 21.2. The first-order valence-electron chi connectivity index (χ1n) is 12.6. The number of nitrogens with zero attached hydrogens (tertiary/aromatic N) is 1. The standard InChI is InChI=1S/C28H37N3O4/c1-5-18(2)26(27(32)29-23-12-8-10-19-9-6-7-11-22(19)23)30-28(33)31-14-13-20-15-24(34-3)25(35-4)16-21(20)17-31/h6-7,9,11,15-16,18,23,26H,5,8,10,12-14,17H2,1-4H3,(H,29,32)(H,30,33)/t18-,23+,26+/m0/s1. The predicted molar refractivity (Wildman–Crippen MR) is 136 cm³/mol. The number of aryl methyl sites for hydroxylation is 1. The smallest absolute Gasteiger partial charge is 0.318 e. The van der Waals surface area contributed by atoms with Crippen molar-refractivity contribution in [2.45, 2.75) is 64.6 Å². The van der Waals surface area contributed by atoms with Crippen molar-refractivity contribution in [2.75, 3.05) is 20.8 Å². The zero-order valence-corrected chi connectivity index (χ0v) is 21.2. The predicted octanol–water partition coefficient (Wildman–Crippen LogP) is 4.38. The fraction of sp³-hybridized carbons (Fsp3) is 0.500. The summed E-state index contributed by atoms with van der Waals surface area (Å²) in [6, 6.07) is 11.4. The molecule has 0 fully saturated rings. The third-order valence-electron chi connectivity index (χ3n) is 7.47. The molecule has 0 aromatic heterocycles. The van der Waals surface area contributed by atoms with E-state index in [1.807, 2.05) is 38.1 Å². The van der Waals surface area contributed by atoms with Gasteiger partial charge in [0.2, 0.25) is 5.91 Å². The van der Waals surface area contributed by atoms with Crippen LogP contribution in [0.3, 0.4) is 0 Å². The van der Waals surface area contributed by atoms with Crippen molar-refractivity contribution in [2.24, 2.45) is 5.92 Å². The van der Waals surface area contributed by atoms with E-state index in [4.69, 9.17) is 9.47 Å². The van der Waals surface area contributed by atoms with Crippen LogP contribution in [0.5, 0.6) is 11.5 Å². The molecule has 3 atom stereocenters. The molecule has 188 valence electrons. The third kappa shape index (κ3) is 5.39. The first-order chi connectivity index (χ1) is 16.9. The third-order valence-corrected chi connectivity index (χ3v) is 7.47. The van der Waals surface area contributed by atoms with Gasteiger partial charge in [0.1, 0.15) is 6.04 Å². The van der Waals surface area contributed by atoms with Crippen molar-refractivity contribution < 1.29 is 19.1 Å². The van der Waals surface area contributed by atoms with E-state index in [1.165, 1.54) is 11.1 Å². The molecule has 0 spiro atoms. The van der Waals surface area contributed by atoms with E-state index in [9.17, 15) is 9.59 Å². The molecular formula is C28H37N3O4. The van der Waals surface area contributed by atoms with Gasteiger partial charge in [-0.1, -0.05) is 44.5 Å². The van der Waals surface area contributed by atoms with Gasteiger partial charge in [-0.05, 0) is 66.0 Å². The molecule has 7 nitrogen and oxygen atoms in total. The summed E-state index contributed by atoms with van der Waals surface area (Å²) in [5.41, 5.74) is 4.68. The molecule has 2 aromatic carbocycles. The second kappa shape index (κ2) is 11.0. The molecule has 3 amide bonds. The van der Waals surface area contributed by atoms with Crippen LogP contribution in [-0.4, -0.2) is 43.6 Å². The van der Waals surface area contributed by atoms with E-state index >= 15 is 0 Å². The van der Waals surface area contributed by atoms with E-state index in [2.05, 4.69) is 22.8 Å². The Balaban J connectivity index is 1.46. The van der Waals surface area contributed by atoms with Crippen LogP contribution in [0.1, 0.15) is 61.4 Å². The number of amides is 3. The number of fused-ring (bicyclic) bond motifs is 2. The van der Waals surface area contributed by atoms with Crippen LogP contribution in [0.4, 0.5) is 4.79 Å². The lowest BCUT2D eigenvalue weighted by atomic mass is 9.87. The maximum atomic E-state index is 13.4. The summed E-state index contributed by atoms with van der Waals surface area (Å²) in [4.78, 5) is 28.5. The minimum atomic E-state index is -0.589. The highest BCUT2D eigenvalue weighted by molar-refractivity contribution is 5.87. The fourth-order valence-corrected chi connectivity index (χ4v) is 5.15. The van der Waals surface area contributed by atoms with Crippen LogP contribution in [0, 0.1) is 5.92 Å². The first-order valence-corrected chi connectivity index (χ1v) is 12.6. The molecule has 0 bridgehead atoms. The number of rotatable bonds is 7. The van der Waals surface area contributed by atoms with E-state index in [1.54, 1.807) is 19.1 Å². The van der Waals surface area contributed by atoms with Crippen molar-refractivity contribution in [1.29, 1.82) is 0 Å². The first kappa shape index (κ1) is 24.9. The van der Waals surface area contributed by atoms with Crippen LogP contribution < -0.4 is 20.1 Å². The molecule has 2 aliphatic rings. The maximum absolute atomic E-state index is 13.4. The highest BCUT2D eigenvalue weighted by atomic mass is 16.5. The minimum absolute atomic E-state index is 0.0132. The summed E-state index contributed by atoms with van der Waals surface area (Å²) in [6.45, 7) is 5.11. The number of benzene rings is 2. The Morgan fingerprint density at radius 2 is 1.77 bits per heavy atom. The SMILES string of the molecule is CC[C@H](C)[C@@H](NC(=O)N1CCc2cc(OC)c(OC)cc2C1)C(=O)N[C@@H]1CCCc2ccccc21. The number of carbonyl (C=O) groups excluding carboxylic acids is 2. The Kier molecular flexibility index (Phi) is 7.83. The number of nitrogens with one attached hydrogen (secondary N) is 2. The minimum Gasteiger partial charge on any atom is -0.493 e. The van der Waals surface area contributed by atoms with E-state index in [-0.39, 0.29) is 23.9 Å². The van der Waals surface area contributed by atoms with Gasteiger partial charge in [0, 0.05) is 13.1 Å². The number of methoxy groups -OCH3 is 2. The van der Waals surface area contributed by atoms with Crippen molar-refractivity contribution in [1.82, 2.24) is 15.5 Å². The lowest BCUT2D eigenvalue weighted by Gasteiger charge is -2.33. The van der Waals surface area contributed by atoms with Crippen LogP contribution in [0.2, 0.25) is 0 Å². The van der Waals surface area contributed by atoms with Gasteiger partial charge in [0.15, 0.2) is 11.5 Å². The van der Waals surface area contributed by atoms with Crippen molar-refractivity contribution in [3.05, 3.63) is 58.7 Å². The summed E-state index contributed by atoms with van der Waals surface area (Å²) in [5, 5.41) is 6.29. The van der Waals surface area contributed by atoms with Crippen molar-refractivity contribution in [3.8, 4) is 11.5 Å². The highest BCUT2D eigenvalue weighted by Crippen LogP contribution is 2.33. The summed E-state index contributed by atoms with van der Waals surface area (Å²) in [5.74, 6) is 1.25. The Morgan fingerprint density at radius 3 is 2.49 bits per heavy atom. The van der Waals surface area contributed by atoms with Crippen LogP contribution in [0.25, 0.3) is 0 Å². The van der Waals surface area contributed by atoms with Gasteiger partial charge >= 0.3 is 6.03 Å². The van der Waals surface area contributed by atoms with Gasteiger partial charge in [-0.3, -0.25) is 4.79 Å². The van der Waals surface area contributed by atoms with Crippen LogP contribution in [0.15, 0.2) is 36.4 Å². The molecule has 35 heavy (non-hydrogen) atoms. The van der Waals surface area contributed by atoms with Gasteiger partial charge in [-0.25, -0.2) is 4.79 Å². The lowest BCUT2D eigenvalue weighted by molar-refractivity contribution is -0.125. The maximum Gasteiger partial charge on any atom is 0.318 e. The Morgan fingerprint density at radius 1 is 1.06 bits per heavy atom. The molecule has 0 saturated heterocycles. The molecule has 0 unspecified atom stereocenters. The quantitative estimate of drug-likeness (QED) is 0.618. The van der Waals surface area contributed by atoms with Crippen LogP contribution >= 0.6 is 0 Å². The van der Waals surface area contributed by atoms with Gasteiger partial charge in [-0.15, -0.1) is 0 Å². The molecule has 1 aliphatic carbocycles. The molecular weight excluding hydrogens is 442 g/mol. The molecule has 2 aromatic rings. The molecule has 1 heterocycles. The summed E-state index contributed by atoms with van der Waals surface area (Å²) in [6.07, 6.45) is 4.52. The Bertz CT molecular complexity index is 1070. The molecule has 0 radical (unpaired) electrons. The summed E-state index contributed by atoms with van der Waals surface area (Å²) in [7, 11) is 3.23. The Hall–Kier alpha value is -3.22. The van der Waals surface area contributed by atoms with Gasteiger partial charge in [-0.2, -0.15) is 0 Å². The van der Waals surface area contributed by atoms with Crippen molar-refractivity contribution >= 4 is 11.9 Å².